The van der Waals surface area contributed by atoms with Gasteiger partial charge in [-0.15, -0.1) is 0 Å². The predicted molar refractivity (Wildman–Crippen MR) is 68.3 cm³/mol. The summed E-state index contributed by atoms with van der Waals surface area (Å²) in [6, 6.07) is 3.93. The molecule has 2 nitrogen and oxygen atoms in total. The normalized spacial score (nSPS) is 23.0. The summed E-state index contributed by atoms with van der Waals surface area (Å²) >= 11 is 0. The number of hydrogen-bond acceptors (Lipinski definition) is 2. The zero-order valence-electron chi connectivity index (χ0n) is 10.9. The van der Waals surface area contributed by atoms with Gasteiger partial charge in [-0.25, -0.2) is 8.78 Å². The smallest absolute Gasteiger partial charge is 0.127 e. The Balaban J connectivity index is 1.93. The maximum atomic E-state index is 13.5. The average Bonchev–Trinajstić information content (AvgIpc) is 2.29. The lowest BCUT2D eigenvalue weighted by molar-refractivity contribution is 0.247. The van der Waals surface area contributed by atoms with Gasteiger partial charge in [0.15, 0.2) is 0 Å². The number of halogens is 2. The van der Waals surface area contributed by atoms with Crippen molar-refractivity contribution in [1.82, 2.24) is 10.6 Å². The third-order valence-electron chi connectivity index (χ3n) is 3.44. The minimum absolute atomic E-state index is 0.108. The minimum atomic E-state index is -0.390. The van der Waals surface area contributed by atoms with Crippen LogP contribution in [0.15, 0.2) is 18.2 Å². The molecule has 0 saturated carbocycles. The lowest BCUT2D eigenvalue weighted by Crippen LogP contribution is -2.51. The second kappa shape index (κ2) is 5.33. The number of piperidine rings is 1. The van der Waals surface area contributed by atoms with Gasteiger partial charge in [0.2, 0.25) is 0 Å². The highest BCUT2D eigenvalue weighted by Gasteiger charge is 2.26. The van der Waals surface area contributed by atoms with E-state index in [-0.39, 0.29) is 17.2 Å². The van der Waals surface area contributed by atoms with Crippen LogP contribution in [0.4, 0.5) is 8.78 Å². The molecule has 1 aromatic carbocycles. The molecule has 1 heterocycles. The summed E-state index contributed by atoms with van der Waals surface area (Å²) in [6.45, 7) is 5.65. The van der Waals surface area contributed by atoms with Crippen LogP contribution in [-0.2, 0) is 6.54 Å². The summed E-state index contributed by atoms with van der Waals surface area (Å²) in [5, 5.41) is 6.75. The van der Waals surface area contributed by atoms with Crippen LogP contribution in [0.5, 0.6) is 0 Å². The van der Waals surface area contributed by atoms with E-state index in [4.69, 9.17) is 0 Å². The molecule has 4 heteroatoms. The lowest BCUT2D eigenvalue weighted by atomic mass is 9.89. The van der Waals surface area contributed by atoms with Crippen molar-refractivity contribution in [3.8, 4) is 0 Å². The number of rotatable bonds is 3. The van der Waals surface area contributed by atoms with Crippen molar-refractivity contribution < 1.29 is 8.78 Å². The van der Waals surface area contributed by atoms with Gasteiger partial charge in [-0.2, -0.15) is 0 Å². The third kappa shape index (κ3) is 3.50. The van der Waals surface area contributed by atoms with Crippen LogP contribution in [0.2, 0.25) is 0 Å². The van der Waals surface area contributed by atoms with Crippen LogP contribution < -0.4 is 10.6 Å². The number of benzene rings is 1. The van der Waals surface area contributed by atoms with E-state index in [0.29, 0.717) is 18.2 Å². The monoisotopic (exact) mass is 254 g/mol. The van der Waals surface area contributed by atoms with Crippen molar-refractivity contribution in [1.29, 1.82) is 0 Å². The molecule has 1 aliphatic heterocycles. The molecule has 2 N–H and O–H groups in total. The van der Waals surface area contributed by atoms with Gasteiger partial charge in [-0.3, -0.25) is 0 Å². The topological polar surface area (TPSA) is 24.1 Å². The molecule has 0 amide bonds. The first-order valence-electron chi connectivity index (χ1n) is 6.39. The zero-order chi connectivity index (χ0) is 13.2. The Morgan fingerprint density at radius 1 is 1.39 bits per heavy atom. The molecule has 18 heavy (non-hydrogen) atoms. The fourth-order valence-corrected chi connectivity index (χ4v) is 2.48. The fourth-order valence-electron chi connectivity index (χ4n) is 2.48. The van der Waals surface area contributed by atoms with Crippen LogP contribution in [-0.4, -0.2) is 18.1 Å². The largest absolute Gasteiger partial charge is 0.312 e. The summed E-state index contributed by atoms with van der Waals surface area (Å²) < 4.78 is 26.5. The Kier molecular flexibility index (Phi) is 3.97. The quantitative estimate of drug-likeness (QED) is 0.866. The second-order valence-electron chi connectivity index (χ2n) is 5.62. The summed E-state index contributed by atoms with van der Waals surface area (Å²) in [6.07, 6.45) is 2.00. The number of hydrogen-bond donors (Lipinski definition) is 2. The Morgan fingerprint density at radius 2 is 2.17 bits per heavy atom. The van der Waals surface area contributed by atoms with E-state index in [0.717, 1.165) is 25.5 Å². The average molecular weight is 254 g/mol. The van der Waals surface area contributed by atoms with E-state index in [1.54, 1.807) is 0 Å². The van der Waals surface area contributed by atoms with Crippen LogP contribution in [0.3, 0.4) is 0 Å². The molecule has 0 radical (unpaired) electrons. The summed E-state index contributed by atoms with van der Waals surface area (Å²) in [5.74, 6) is -0.740. The highest BCUT2D eigenvalue weighted by Crippen LogP contribution is 2.19. The van der Waals surface area contributed by atoms with Crippen LogP contribution >= 0.6 is 0 Å². The molecule has 1 atom stereocenters. The van der Waals surface area contributed by atoms with E-state index in [1.807, 2.05) is 0 Å². The molecule has 0 bridgehead atoms. The fraction of sp³-hybridized carbons (Fsp3) is 0.571. The highest BCUT2D eigenvalue weighted by atomic mass is 19.1. The molecule has 1 unspecified atom stereocenters. The SMILES string of the molecule is CC1(C)CC(NCc2cc(F)ccc2F)CCN1. The molecule has 1 aliphatic rings. The van der Waals surface area contributed by atoms with Crippen LogP contribution in [0.1, 0.15) is 32.3 Å². The molecule has 100 valence electrons. The van der Waals surface area contributed by atoms with Gasteiger partial charge in [0.05, 0.1) is 0 Å². The van der Waals surface area contributed by atoms with E-state index < -0.39 is 0 Å². The van der Waals surface area contributed by atoms with E-state index >= 15 is 0 Å². The Labute approximate surface area is 107 Å². The molecule has 1 saturated heterocycles. The van der Waals surface area contributed by atoms with Gasteiger partial charge < -0.3 is 10.6 Å². The second-order valence-corrected chi connectivity index (χ2v) is 5.62. The molecular weight excluding hydrogens is 234 g/mol. The molecule has 0 aromatic heterocycles. The molecular formula is C14H20F2N2. The first-order valence-corrected chi connectivity index (χ1v) is 6.39. The van der Waals surface area contributed by atoms with Crippen molar-refractivity contribution in [3.05, 3.63) is 35.4 Å². The molecule has 0 spiro atoms. The minimum Gasteiger partial charge on any atom is -0.312 e. The van der Waals surface area contributed by atoms with E-state index in [1.165, 1.54) is 12.1 Å². The van der Waals surface area contributed by atoms with Crippen molar-refractivity contribution in [2.24, 2.45) is 0 Å². The van der Waals surface area contributed by atoms with Crippen molar-refractivity contribution in [2.45, 2.75) is 44.8 Å². The van der Waals surface area contributed by atoms with Crippen LogP contribution in [0.25, 0.3) is 0 Å². The van der Waals surface area contributed by atoms with Gasteiger partial charge in [0.25, 0.3) is 0 Å². The Hall–Kier alpha value is -1.00. The Bertz CT molecular complexity index is 418. The molecule has 2 rings (SSSR count). The van der Waals surface area contributed by atoms with Gasteiger partial charge in [-0.05, 0) is 51.4 Å². The zero-order valence-corrected chi connectivity index (χ0v) is 10.9. The third-order valence-corrected chi connectivity index (χ3v) is 3.44. The van der Waals surface area contributed by atoms with Crippen molar-refractivity contribution in [3.63, 3.8) is 0 Å². The van der Waals surface area contributed by atoms with Gasteiger partial charge in [0, 0.05) is 23.7 Å². The summed E-state index contributed by atoms with van der Waals surface area (Å²) in [7, 11) is 0. The number of nitrogens with one attached hydrogen (secondary N) is 2. The van der Waals surface area contributed by atoms with Gasteiger partial charge in [0.1, 0.15) is 11.6 Å². The first kappa shape index (κ1) is 13.4. The molecule has 1 fully saturated rings. The van der Waals surface area contributed by atoms with E-state index in [2.05, 4.69) is 24.5 Å². The highest BCUT2D eigenvalue weighted by molar-refractivity contribution is 5.18. The maximum Gasteiger partial charge on any atom is 0.127 e. The van der Waals surface area contributed by atoms with Crippen LogP contribution in [0, 0.1) is 11.6 Å². The van der Waals surface area contributed by atoms with Gasteiger partial charge in [-0.1, -0.05) is 0 Å². The summed E-state index contributed by atoms with van der Waals surface area (Å²) in [4.78, 5) is 0. The molecule has 1 aromatic rings. The summed E-state index contributed by atoms with van der Waals surface area (Å²) in [5.41, 5.74) is 0.502. The maximum absolute atomic E-state index is 13.5. The van der Waals surface area contributed by atoms with Crippen molar-refractivity contribution in [2.75, 3.05) is 6.54 Å². The lowest BCUT2D eigenvalue weighted by Gasteiger charge is -2.37. The first-order chi connectivity index (χ1) is 8.46. The molecule has 0 aliphatic carbocycles. The standard InChI is InChI=1S/C14H20F2N2/c1-14(2)8-12(5-6-18-14)17-9-10-7-11(15)3-4-13(10)16/h3-4,7,12,17-18H,5-6,8-9H2,1-2H3. The van der Waals surface area contributed by atoms with Gasteiger partial charge >= 0.3 is 0 Å². The van der Waals surface area contributed by atoms with E-state index in [9.17, 15) is 8.78 Å². The predicted octanol–water partition coefficient (Wildman–Crippen LogP) is 2.58. The Morgan fingerprint density at radius 3 is 2.89 bits per heavy atom. The van der Waals surface area contributed by atoms with Crippen molar-refractivity contribution >= 4 is 0 Å².